The first kappa shape index (κ1) is 15.4. The molecule has 0 radical (unpaired) electrons. The summed E-state index contributed by atoms with van der Waals surface area (Å²) in [6.45, 7) is 1.65. The molecule has 0 unspecified atom stereocenters. The molecule has 0 spiro atoms. The van der Waals surface area contributed by atoms with Crippen LogP contribution in [0.25, 0.3) is 22.5 Å². The molecule has 1 aliphatic rings. The van der Waals surface area contributed by atoms with Gasteiger partial charge in [0, 0.05) is 30.4 Å². The van der Waals surface area contributed by atoms with Gasteiger partial charge >= 0.3 is 0 Å². The van der Waals surface area contributed by atoms with Crippen molar-refractivity contribution in [2.75, 3.05) is 20.2 Å². The fourth-order valence-corrected chi connectivity index (χ4v) is 3.15. The summed E-state index contributed by atoms with van der Waals surface area (Å²) in [5.74, 6) is 0.792. The summed E-state index contributed by atoms with van der Waals surface area (Å²) in [7, 11) is 1.63. The maximum atomic E-state index is 12.5. The van der Waals surface area contributed by atoms with Gasteiger partial charge < -0.3 is 14.6 Å². The summed E-state index contributed by atoms with van der Waals surface area (Å²) in [4.78, 5) is 17.5. The summed E-state index contributed by atoms with van der Waals surface area (Å²) >= 11 is 0. The molecule has 128 valence electrons. The third-order valence-electron chi connectivity index (χ3n) is 4.47. The van der Waals surface area contributed by atoms with Crippen molar-refractivity contribution in [3.8, 4) is 28.3 Å². The van der Waals surface area contributed by atoms with Gasteiger partial charge in [0.2, 0.25) is 0 Å². The van der Waals surface area contributed by atoms with Crippen LogP contribution in [0.3, 0.4) is 0 Å². The highest BCUT2D eigenvalue weighted by atomic mass is 16.5. The largest absolute Gasteiger partial charge is 0.497 e. The van der Waals surface area contributed by atoms with Crippen molar-refractivity contribution in [1.82, 2.24) is 25.3 Å². The molecule has 0 saturated carbocycles. The minimum Gasteiger partial charge on any atom is -0.497 e. The summed E-state index contributed by atoms with van der Waals surface area (Å²) in [6, 6.07) is 9.48. The van der Waals surface area contributed by atoms with E-state index in [9.17, 15) is 4.79 Å². The van der Waals surface area contributed by atoms with Crippen molar-refractivity contribution in [2.45, 2.75) is 12.8 Å². The van der Waals surface area contributed by atoms with Crippen molar-refractivity contribution in [1.29, 1.82) is 0 Å². The molecular weight excluding hydrogens is 318 g/mol. The molecule has 0 aliphatic carbocycles. The van der Waals surface area contributed by atoms with E-state index in [4.69, 9.17) is 4.74 Å². The zero-order chi connectivity index (χ0) is 17.2. The molecule has 7 heteroatoms. The Hall–Kier alpha value is -3.09. The maximum absolute atomic E-state index is 12.5. The van der Waals surface area contributed by atoms with E-state index >= 15 is 0 Å². The zero-order valence-electron chi connectivity index (χ0n) is 14.0. The van der Waals surface area contributed by atoms with Gasteiger partial charge in [-0.25, -0.2) is 0 Å². The fraction of sp³-hybridized carbons (Fsp3) is 0.278. The second-order valence-corrected chi connectivity index (χ2v) is 6.05. The number of aromatic amines is 2. The Morgan fingerprint density at radius 2 is 1.88 bits per heavy atom. The Kier molecular flexibility index (Phi) is 3.97. The van der Waals surface area contributed by atoms with Crippen molar-refractivity contribution in [3.63, 3.8) is 0 Å². The second kappa shape index (κ2) is 6.43. The lowest BCUT2D eigenvalue weighted by atomic mass is 10.1. The van der Waals surface area contributed by atoms with Crippen LogP contribution in [-0.4, -0.2) is 51.4 Å². The number of ether oxygens (including phenoxy) is 1. The average Bonchev–Trinajstić information content (AvgIpc) is 3.41. The van der Waals surface area contributed by atoms with Gasteiger partial charge in [0.05, 0.1) is 7.11 Å². The van der Waals surface area contributed by atoms with Crippen molar-refractivity contribution in [3.05, 3.63) is 42.2 Å². The number of carbonyl (C=O) groups is 1. The smallest absolute Gasteiger partial charge is 0.270 e. The molecule has 0 atom stereocenters. The van der Waals surface area contributed by atoms with Crippen molar-refractivity contribution < 1.29 is 9.53 Å². The number of methoxy groups -OCH3 is 1. The number of H-pyrrole nitrogens is 2. The number of nitrogens with zero attached hydrogens (tertiary/aromatic N) is 3. The SMILES string of the molecule is COc1cccc(-c2n[nH]nc2-c2c[nH]c(C(=O)N3CCCC3)c2)c1. The van der Waals surface area contributed by atoms with Gasteiger partial charge in [-0.15, -0.1) is 0 Å². The molecule has 7 nitrogen and oxygen atoms in total. The topological polar surface area (TPSA) is 86.9 Å². The van der Waals surface area contributed by atoms with Crippen LogP contribution in [-0.2, 0) is 0 Å². The molecule has 1 amide bonds. The molecule has 0 bridgehead atoms. The highest BCUT2D eigenvalue weighted by molar-refractivity contribution is 5.94. The van der Waals surface area contributed by atoms with E-state index in [1.54, 1.807) is 13.3 Å². The lowest BCUT2D eigenvalue weighted by Gasteiger charge is -2.13. The van der Waals surface area contributed by atoms with Gasteiger partial charge in [0.15, 0.2) is 0 Å². The molecule has 1 aromatic carbocycles. The number of aromatic nitrogens is 4. The van der Waals surface area contributed by atoms with Gasteiger partial charge in [-0.1, -0.05) is 12.1 Å². The standard InChI is InChI=1S/C18H19N5O2/c1-25-14-6-4-5-12(9-14)16-17(21-22-20-16)13-10-15(19-11-13)18(24)23-7-2-3-8-23/h4-6,9-11,19H,2-3,7-8H2,1H3,(H,20,21,22). The van der Waals surface area contributed by atoms with Crippen molar-refractivity contribution in [2.24, 2.45) is 0 Å². The minimum atomic E-state index is 0.0372. The Balaban J connectivity index is 1.65. The van der Waals surface area contributed by atoms with E-state index in [-0.39, 0.29) is 5.91 Å². The first-order valence-electron chi connectivity index (χ1n) is 8.29. The van der Waals surface area contributed by atoms with Crippen LogP contribution in [0.15, 0.2) is 36.5 Å². The molecule has 1 saturated heterocycles. The van der Waals surface area contributed by atoms with E-state index in [0.29, 0.717) is 11.4 Å². The number of amides is 1. The van der Waals surface area contributed by atoms with Crippen LogP contribution in [0.2, 0.25) is 0 Å². The third-order valence-corrected chi connectivity index (χ3v) is 4.47. The Bertz CT molecular complexity index is 892. The predicted octanol–water partition coefficient (Wildman–Crippen LogP) is 2.71. The van der Waals surface area contributed by atoms with E-state index in [0.717, 1.165) is 48.5 Å². The van der Waals surface area contributed by atoms with Crippen LogP contribution in [0.1, 0.15) is 23.3 Å². The van der Waals surface area contributed by atoms with E-state index in [1.807, 2.05) is 35.2 Å². The summed E-state index contributed by atoms with van der Waals surface area (Å²) < 4.78 is 5.28. The third kappa shape index (κ3) is 2.88. The van der Waals surface area contributed by atoms with Gasteiger partial charge in [-0.2, -0.15) is 15.4 Å². The van der Waals surface area contributed by atoms with Crippen LogP contribution in [0, 0.1) is 0 Å². The van der Waals surface area contributed by atoms with Crippen LogP contribution >= 0.6 is 0 Å². The summed E-state index contributed by atoms with van der Waals surface area (Å²) in [5.41, 5.74) is 3.73. The maximum Gasteiger partial charge on any atom is 0.270 e. The minimum absolute atomic E-state index is 0.0372. The number of hydrogen-bond acceptors (Lipinski definition) is 4. The number of benzene rings is 1. The van der Waals surface area contributed by atoms with Gasteiger partial charge in [0.25, 0.3) is 5.91 Å². The molecular formula is C18H19N5O2. The first-order chi connectivity index (χ1) is 12.3. The van der Waals surface area contributed by atoms with E-state index < -0.39 is 0 Å². The van der Waals surface area contributed by atoms with Gasteiger partial charge in [-0.3, -0.25) is 4.79 Å². The van der Waals surface area contributed by atoms with E-state index in [2.05, 4.69) is 20.4 Å². The normalized spacial score (nSPS) is 14.0. The summed E-state index contributed by atoms with van der Waals surface area (Å²) in [5, 5.41) is 11.2. The molecule has 3 heterocycles. The molecule has 4 rings (SSSR count). The van der Waals surface area contributed by atoms with Crippen LogP contribution < -0.4 is 4.74 Å². The van der Waals surface area contributed by atoms with E-state index in [1.165, 1.54) is 0 Å². The molecule has 1 fully saturated rings. The number of likely N-dealkylation sites (tertiary alicyclic amines) is 1. The second-order valence-electron chi connectivity index (χ2n) is 6.05. The lowest BCUT2D eigenvalue weighted by molar-refractivity contribution is 0.0788. The Morgan fingerprint density at radius 3 is 2.64 bits per heavy atom. The lowest BCUT2D eigenvalue weighted by Crippen LogP contribution is -2.27. The van der Waals surface area contributed by atoms with Crippen molar-refractivity contribution >= 4 is 5.91 Å². The molecule has 2 aromatic heterocycles. The highest BCUT2D eigenvalue weighted by Crippen LogP contribution is 2.30. The average molecular weight is 337 g/mol. The first-order valence-corrected chi connectivity index (χ1v) is 8.29. The molecule has 2 N–H and O–H groups in total. The quantitative estimate of drug-likeness (QED) is 0.766. The number of carbonyl (C=O) groups excluding carboxylic acids is 1. The Morgan fingerprint density at radius 1 is 1.12 bits per heavy atom. The predicted molar refractivity (Wildman–Crippen MR) is 93.3 cm³/mol. The summed E-state index contributed by atoms with van der Waals surface area (Å²) in [6.07, 6.45) is 3.94. The molecule has 1 aliphatic heterocycles. The van der Waals surface area contributed by atoms with Crippen LogP contribution in [0.4, 0.5) is 0 Å². The number of rotatable bonds is 4. The fourth-order valence-electron chi connectivity index (χ4n) is 3.15. The molecule has 25 heavy (non-hydrogen) atoms. The Labute approximate surface area is 145 Å². The molecule has 3 aromatic rings. The zero-order valence-corrected chi connectivity index (χ0v) is 14.0. The number of nitrogens with one attached hydrogen (secondary N) is 2. The number of hydrogen-bond donors (Lipinski definition) is 2. The van der Waals surface area contributed by atoms with Gasteiger partial charge in [0.1, 0.15) is 22.8 Å². The van der Waals surface area contributed by atoms with Gasteiger partial charge in [-0.05, 0) is 31.0 Å². The highest BCUT2D eigenvalue weighted by Gasteiger charge is 2.22. The monoisotopic (exact) mass is 337 g/mol. The van der Waals surface area contributed by atoms with Crippen LogP contribution in [0.5, 0.6) is 5.75 Å².